The average Bonchev–Trinajstić information content (AvgIpc) is 3.02. The first-order chi connectivity index (χ1) is 12.8. The summed E-state index contributed by atoms with van der Waals surface area (Å²) in [7, 11) is 0. The van der Waals surface area contributed by atoms with Crippen LogP contribution in [0.25, 0.3) is 0 Å². The summed E-state index contributed by atoms with van der Waals surface area (Å²) in [5.41, 5.74) is 1.47. The van der Waals surface area contributed by atoms with Crippen molar-refractivity contribution >= 4 is 23.6 Å². The fraction of sp³-hybridized carbons (Fsp3) is 0.368. The maximum Gasteiger partial charge on any atom is 0.329 e. The van der Waals surface area contributed by atoms with Crippen molar-refractivity contribution < 1.29 is 23.6 Å². The van der Waals surface area contributed by atoms with Crippen LogP contribution in [0, 0.1) is 19.8 Å². The number of ether oxygens (including phenoxy) is 1. The average molecular weight is 373 g/mol. The van der Waals surface area contributed by atoms with Crippen LogP contribution in [0.4, 0.5) is 5.82 Å². The lowest BCUT2D eigenvalue weighted by molar-refractivity contribution is -0.150. The summed E-state index contributed by atoms with van der Waals surface area (Å²) in [4.78, 5) is 36.5. The van der Waals surface area contributed by atoms with Crippen molar-refractivity contribution in [2.24, 2.45) is 5.92 Å². The molecule has 0 spiro atoms. The molecule has 8 heteroatoms. The molecular weight excluding hydrogens is 350 g/mol. The third-order valence-electron chi connectivity index (χ3n) is 3.76. The van der Waals surface area contributed by atoms with Gasteiger partial charge in [0, 0.05) is 11.6 Å². The predicted molar refractivity (Wildman–Crippen MR) is 98.1 cm³/mol. The second-order valence-corrected chi connectivity index (χ2v) is 6.54. The summed E-state index contributed by atoms with van der Waals surface area (Å²) in [6.07, 6.45) is 0. The number of esters is 1. The number of rotatable bonds is 7. The molecule has 0 saturated carbocycles. The quantitative estimate of drug-likeness (QED) is 0.720. The maximum absolute atomic E-state index is 12.3. The Bertz CT molecular complexity index is 811. The van der Waals surface area contributed by atoms with Gasteiger partial charge in [-0.15, -0.1) is 0 Å². The summed E-state index contributed by atoms with van der Waals surface area (Å²) >= 11 is 0. The molecule has 2 rings (SSSR count). The molecular formula is C19H23N3O5. The topological polar surface area (TPSA) is 111 Å². The smallest absolute Gasteiger partial charge is 0.329 e. The van der Waals surface area contributed by atoms with E-state index in [1.807, 2.05) is 19.1 Å². The van der Waals surface area contributed by atoms with Crippen molar-refractivity contribution in [1.29, 1.82) is 0 Å². The van der Waals surface area contributed by atoms with E-state index < -0.39 is 24.5 Å². The van der Waals surface area contributed by atoms with Crippen molar-refractivity contribution in [3.63, 3.8) is 0 Å². The summed E-state index contributed by atoms with van der Waals surface area (Å²) in [6, 6.07) is 7.65. The lowest BCUT2D eigenvalue weighted by atomic mass is 10.0. The molecule has 0 aliphatic rings. The van der Waals surface area contributed by atoms with Crippen molar-refractivity contribution in [3.8, 4) is 0 Å². The number of aromatic nitrogens is 1. The fourth-order valence-corrected chi connectivity index (χ4v) is 2.26. The molecule has 8 nitrogen and oxygen atoms in total. The standard InChI is InChI=1S/C19H23N3O5/c1-11(2)17(21-18(24)14-7-5-12(3)6-8-14)19(25)26-10-16(23)20-15-9-13(4)27-22-15/h5-9,11,17H,10H2,1-4H3,(H,21,24)(H,20,22,23)/t17-/m0/s1. The van der Waals surface area contributed by atoms with E-state index in [0.29, 0.717) is 11.3 Å². The molecule has 1 aromatic carbocycles. The molecule has 0 saturated heterocycles. The minimum atomic E-state index is -0.874. The van der Waals surface area contributed by atoms with Crippen LogP contribution >= 0.6 is 0 Å². The SMILES string of the molecule is Cc1ccc(C(=O)N[C@H](C(=O)OCC(=O)Nc2cc(C)on2)C(C)C)cc1. The molecule has 2 aromatic rings. The molecule has 27 heavy (non-hydrogen) atoms. The monoisotopic (exact) mass is 373 g/mol. The number of carbonyl (C=O) groups is 3. The van der Waals surface area contributed by atoms with Crippen LogP contribution in [0.5, 0.6) is 0 Å². The summed E-state index contributed by atoms with van der Waals surface area (Å²) in [5.74, 6) is -1.05. The van der Waals surface area contributed by atoms with Gasteiger partial charge in [-0.05, 0) is 31.9 Å². The van der Waals surface area contributed by atoms with Gasteiger partial charge in [0.1, 0.15) is 11.8 Å². The molecule has 144 valence electrons. The molecule has 0 fully saturated rings. The normalized spacial score (nSPS) is 11.7. The largest absolute Gasteiger partial charge is 0.454 e. The second kappa shape index (κ2) is 8.98. The lowest BCUT2D eigenvalue weighted by Gasteiger charge is -2.20. The molecule has 0 aliphatic carbocycles. The first kappa shape index (κ1) is 20.2. The number of carbonyl (C=O) groups excluding carboxylic acids is 3. The van der Waals surface area contributed by atoms with Gasteiger partial charge in [0.05, 0.1) is 0 Å². The van der Waals surface area contributed by atoms with Crippen LogP contribution in [0.2, 0.25) is 0 Å². The number of nitrogens with zero attached hydrogens (tertiary/aromatic N) is 1. The van der Waals surface area contributed by atoms with E-state index in [1.54, 1.807) is 39.0 Å². The van der Waals surface area contributed by atoms with Crippen LogP contribution < -0.4 is 10.6 Å². The maximum atomic E-state index is 12.3. The molecule has 1 aromatic heterocycles. The summed E-state index contributed by atoms with van der Waals surface area (Å²) in [6.45, 7) is 6.67. The minimum Gasteiger partial charge on any atom is -0.454 e. The zero-order chi connectivity index (χ0) is 20.0. The Morgan fingerprint density at radius 2 is 1.81 bits per heavy atom. The van der Waals surface area contributed by atoms with E-state index >= 15 is 0 Å². The van der Waals surface area contributed by atoms with Gasteiger partial charge in [0.25, 0.3) is 11.8 Å². The highest BCUT2D eigenvalue weighted by Crippen LogP contribution is 2.09. The number of anilines is 1. The van der Waals surface area contributed by atoms with Gasteiger partial charge in [-0.2, -0.15) is 0 Å². The fourth-order valence-electron chi connectivity index (χ4n) is 2.26. The Kier molecular flexibility index (Phi) is 6.70. The van der Waals surface area contributed by atoms with Gasteiger partial charge in [0.15, 0.2) is 12.4 Å². The first-order valence-corrected chi connectivity index (χ1v) is 8.53. The van der Waals surface area contributed by atoms with Gasteiger partial charge in [-0.3, -0.25) is 9.59 Å². The zero-order valence-electron chi connectivity index (χ0n) is 15.7. The third-order valence-corrected chi connectivity index (χ3v) is 3.76. The summed E-state index contributed by atoms with van der Waals surface area (Å²) in [5, 5.41) is 8.73. The van der Waals surface area contributed by atoms with E-state index in [2.05, 4.69) is 15.8 Å². The number of amides is 2. The van der Waals surface area contributed by atoms with E-state index in [9.17, 15) is 14.4 Å². The van der Waals surface area contributed by atoms with Crippen LogP contribution in [0.1, 0.15) is 35.5 Å². The molecule has 2 N–H and O–H groups in total. The predicted octanol–water partition coefficient (Wildman–Crippen LogP) is 2.23. The highest BCUT2D eigenvalue weighted by Gasteiger charge is 2.26. The van der Waals surface area contributed by atoms with Crippen LogP contribution in [0.15, 0.2) is 34.9 Å². The van der Waals surface area contributed by atoms with E-state index in [-0.39, 0.29) is 17.6 Å². The molecule has 0 bridgehead atoms. The third kappa shape index (κ3) is 5.95. The van der Waals surface area contributed by atoms with E-state index in [4.69, 9.17) is 9.26 Å². The van der Waals surface area contributed by atoms with Crippen molar-refractivity contribution in [3.05, 3.63) is 47.2 Å². The molecule has 0 unspecified atom stereocenters. The van der Waals surface area contributed by atoms with Gasteiger partial charge in [-0.25, -0.2) is 4.79 Å². The number of nitrogens with one attached hydrogen (secondary N) is 2. The Balaban J connectivity index is 1.91. The highest BCUT2D eigenvalue weighted by atomic mass is 16.5. The lowest BCUT2D eigenvalue weighted by Crippen LogP contribution is -2.45. The molecule has 0 radical (unpaired) electrons. The summed E-state index contributed by atoms with van der Waals surface area (Å²) < 4.78 is 9.87. The van der Waals surface area contributed by atoms with Crippen molar-refractivity contribution in [2.75, 3.05) is 11.9 Å². The molecule has 1 heterocycles. The van der Waals surface area contributed by atoms with Gasteiger partial charge in [-0.1, -0.05) is 36.7 Å². The number of hydrogen-bond donors (Lipinski definition) is 2. The number of aryl methyl sites for hydroxylation is 2. The van der Waals surface area contributed by atoms with Crippen LogP contribution in [-0.4, -0.2) is 35.6 Å². The number of hydrogen-bond acceptors (Lipinski definition) is 6. The Hall–Kier alpha value is -3.16. The van der Waals surface area contributed by atoms with Gasteiger partial charge in [0.2, 0.25) is 0 Å². The first-order valence-electron chi connectivity index (χ1n) is 8.53. The van der Waals surface area contributed by atoms with Crippen molar-refractivity contribution in [1.82, 2.24) is 10.5 Å². The zero-order valence-corrected chi connectivity index (χ0v) is 15.7. The Morgan fingerprint density at radius 1 is 1.15 bits per heavy atom. The molecule has 1 atom stereocenters. The Morgan fingerprint density at radius 3 is 2.37 bits per heavy atom. The van der Waals surface area contributed by atoms with Gasteiger partial charge < -0.3 is 19.9 Å². The Labute approximate surface area is 157 Å². The van der Waals surface area contributed by atoms with Crippen LogP contribution in [-0.2, 0) is 14.3 Å². The number of benzene rings is 1. The van der Waals surface area contributed by atoms with Crippen LogP contribution in [0.3, 0.4) is 0 Å². The minimum absolute atomic E-state index is 0.215. The highest BCUT2D eigenvalue weighted by molar-refractivity contribution is 5.97. The molecule has 0 aliphatic heterocycles. The molecule has 2 amide bonds. The van der Waals surface area contributed by atoms with Gasteiger partial charge >= 0.3 is 5.97 Å². The van der Waals surface area contributed by atoms with E-state index in [1.165, 1.54) is 0 Å². The second-order valence-electron chi connectivity index (χ2n) is 6.54. The van der Waals surface area contributed by atoms with Crippen molar-refractivity contribution in [2.45, 2.75) is 33.7 Å². The van der Waals surface area contributed by atoms with E-state index in [0.717, 1.165) is 5.56 Å².